The molecule has 1 amide bonds. The van der Waals surface area contributed by atoms with Gasteiger partial charge in [0, 0.05) is 17.2 Å². The summed E-state index contributed by atoms with van der Waals surface area (Å²) in [7, 11) is 0. The highest BCUT2D eigenvalue weighted by Crippen LogP contribution is 2.20. The first-order chi connectivity index (χ1) is 13.8. The van der Waals surface area contributed by atoms with Gasteiger partial charge in [-0.15, -0.1) is 0 Å². The summed E-state index contributed by atoms with van der Waals surface area (Å²) < 4.78 is 11.1. The van der Waals surface area contributed by atoms with Crippen LogP contribution < -0.4 is 4.74 Å². The van der Waals surface area contributed by atoms with E-state index in [0.29, 0.717) is 17.3 Å². The minimum atomic E-state index is -0.0913. The summed E-state index contributed by atoms with van der Waals surface area (Å²) in [6, 6.07) is 15.1. The van der Waals surface area contributed by atoms with Gasteiger partial charge in [0.1, 0.15) is 12.3 Å². The van der Waals surface area contributed by atoms with Crippen molar-refractivity contribution >= 4 is 5.91 Å². The number of nitrogens with zero attached hydrogens (tertiary/aromatic N) is 3. The van der Waals surface area contributed by atoms with Crippen LogP contribution in [0.25, 0.3) is 11.4 Å². The second kappa shape index (κ2) is 8.90. The van der Waals surface area contributed by atoms with Crippen LogP contribution in [-0.4, -0.2) is 33.1 Å². The normalized spacial score (nSPS) is 11.1. The number of carbonyl (C=O) groups excluding carboxylic acids is 1. The molecule has 152 valence electrons. The molecule has 6 nitrogen and oxygen atoms in total. The van der Waals surface area contributed by atoms with E-state index in [2.05, 4.69) is 10.1 Å². The Morgan fingerprint density at radius 2 is 1.83 bits per heavy atom. The highest BCUT2D eigenvalue weighted by molar-refractivity contribution is 5.94. The van der Waals surface area contributed by atoms with Gasteiger partial charge >= 0.3 is 0 Å². The number of hydrogen-bond acceptors (Lipinski definition) is 5. The largest absolute Gasteiger partial charge is 0.491 e. The SMILES string of the molecule is Cc1cccc(-c2noc(CN(C(=O)c3ccc(OC(C)C)cc3)C(C)C)n2)c1. The molecule has 0 saturated heterocycles. The fourth-order valence-electron chi connectivity index (χ4n) is 2.97. The molecule has 0 bridgehead atoms. The van der Waals surface area contributed by atoms with Gasteiger partial charge in [-0.1, -0.05) is 28.9 Å². The quantitative estimate of drug-likeness (QED) is 0.572. The fraction of sp³-hybridized carbons (Fsp3) is 0.348. The third kappa shape index (κ3) is 5.22. The van der Waals surface area contributed by atoms with Crippen LogP contribution in [0.15, 0.2) is 53.1 Å². The van der Waals surface area contributed by atoms with Crippen molar-refractivity contribution < 1.29 is 14.1 Å². The summed E-state index contributed by atoms with van der Waals surface area (Å²) in [4.78, 5) is 19.2. The van der Waals surface area contributed by atoms with Crippen molar-refractivity contribution in [2.45, 2.75) is 53.3 Å². The maximum absolute atomic E-state index is 13.0. The number of carbonyl (C=O) groups is 1. The lowest BCUT2D eigenvalue weighted by atomic mass is 10.1. The van der Waals surface area contributed by atoms with E-state index in [1.165, 1.54) is 0 Å². The molecule has 29 heavy (non-hydrogen) atoms. The highest BCUT2D eigenvalue weighted by atomic mass is 16.5. The molecule has 2 aromatic carbocycles. The second-order valence-electron chi connectivity index (χ2n) is 7.60. The van der Waals surface area contributed by atoms with Crippen LogP contribution in [0.1, 0.15) is 49.5 Å². The smallest absolute Gasteiger partial charge is 0.254 e. The van der Waals surface area contributed by atoms with E-state index < -0.39 is 0 Å². The van der Waals surface area contributed by atoms with Gasteiger partial charge in [-0.3, -0.25) is 4.79 Å². The summed E-state index contributed by atoms with van der Waals surface area (Å²) in [5.41, 5.74) is 2.61. The van der Waals surface area contributed by atoms with Crippen molar-refractivity contribution in [2.75, 3.05) is 0 Å². The Morgan fingerprint density at radius 1 is 1.10 bits per heavy atom. The van der Waals surface area contributed by atoms with Crippen molar-refractivity contribution in [2.24, 2.45) is 0 Å². The molecule has 0 saturated carbocycles. The zero-order valence-electron chi connectivity index (χ0n) is 17.5. The number of rotatable bonds is 7. The van der Waals surface area contributed by atoms with Crippen LogP contribution in [0.4, 0.5) is 0 Å². The summed E-state index contributed by atoms with van der Waals surface area (Å²) in [5, 5.41) is 4.07. The van der Waals surface area contributed by atoms with Gasteiger partial charge in [0.25, 0.3) is 5.91 Å². The van der Waals surface area contributed by atoms with E-state index in [1.54, 1.807) is 17.0 Å². The fourth-order valence-corrected chi connectivity index (χ4v) is 2.97. The number of amides is 1. The van der Waals surface area contributed by atoms with Crippen LogP contribution in [0.3, 0.4) is 0 Å². The lowest BCUT2D eigenvalue weighted by Gasteiger charge is -2.25. The molecule has 3 rings (SSSR count). The maximum Gasteiger partial charge on any atom is 0.254 e. The van der Waals surface area contributed by atoms with Crippen molar-refractivity contribution in [1.29, 1.82) is 0 Å². The van der Waals surface area contributed by atoms with E-state index in [1.807, 2.05) is 71.0 Å². The molecule has 0 aliphatic rings. The Morgan fingerprint density at radius 3 is 2.45 bits per heavy atom. The Bertz CT molecular complexity index is 962. The molecule has 0 aliphatic carbocycles. The lowest BCUT2D eigenvalue weighted by Crippen LogP contribution is -2.36. The zero-order valence-corrected chi connectivity index (χ0v) is 17.5. The number of benzene rings is 2. The summed E-state index contributed by atoms with van der Waals surface area (Å²) in [6.45, 7) is 10.1. The maximum atomic E-state index is 13.0. The van der Waals surface area contributed by atoms with Crippen LogP contribution in [0.5, 0.6) is 5.75 Å². The van der Waals surface area contributed by atoms with Gasteiger partial charge in [-0.2, -0.15) is 4.98 Å². The molecule has 0 N–H and O–H groups in total. The Balaban J connectivity index is 1.76. The summed E-state index contributed by atoms with van der Waals surface area (Å²) >= 11 is 0. The van der Waals surface area contributed by atoms with E-state index >= 15 is 0 Å². The predicted molar refractivity (Wildman–Crippen MR) is 112 cm³/mol. The number of ether oxygens (including phenoxy) is 1. The van der Waals surface area contributed by atoms with Gasteiger partial charge in [-0.05, 0) is 65.0 Å². The van der Waals surface area contributed by atoms with Crippen molar-refractivity contribution in [3.8, 4) is 17.1 Å². The third-order valence-electron chi connectivity index (χ3n) is 4.41. The molecule has 0 aliphatic heterocycles. The molecule has 0 atom stereocenters. The van der Waals surface area contributed by atoms with Gasteiger partial charge in [0.2, 0.25) is 11.7 Å². The average molecular weight is 393 g/mol. The third-order valence-corrected chi connectivity index (χ3v) is 4.41. The monoisotopic (exact) mass is 393 g/mol. The van der Waals surface area contributed by atoms with Crippen LogP contribution >= 0.6 is 0 Å². The van der Waals surface area contributed by atoms with E-state index in [4.69, 9.17) is 9.26 Å². The highest BCUT2D eigenvalue weighted by Gasteiger charge is 2.22. The number of hydrogen-bond donors (Lipinski definition) is 0. The minimum Gasteiger partial charge on any atom is -0.491 e. The lowest BCUT2D eigenvalue weighted by molar-refractivity contribution is 0.0667. The van der Waals surface area contributed by atoms with Crippen molar-refractivity contribution in [3.05, 3.63) is 65.5 Å². The first kappa shape index (κ1) is 20.6. The molecule has 1 aromatic heterocycles. The Labute approximate surface area is 171 Å². The Hall–Kier alpha value is -3.15. The van der Waals surface area contributed by atoms with Gasteiger partial charge in [0.15, 0.2) is 0 Å². The minimum absolute atomic E-state index is 0.0246. The topological polar surface area (TPSA) is 68.5 Å². The Kier molecular flexibility index (Phi) is 6.32. The van der Waals surface area contributed by atoms with Crippen LogP contribution in [0, 0.1) is 6.92 Å². The molecule has 0 spiro atoms. The molecule has 0 fully saturated rings. The second-order valence-corrected chi connectivity index (χ2v) is 7.60. The molecule has 0 radical (unpaired) electrons. The van der Waals surface area contributed by atoms with Crippen molar-refractivity contribution in [3.63, 3.8) is 0 Å². The average Bonchev–Trinajstić information content (AvgIpc) is 3.14. The van der Waals surface area contributed by atoms with Gasteiger partial charge in [-0.25, -0.2) is 0 Å². The predicted octanol–water partition coefficient (Wildman–Crippen LogP) is 4.88. The first-order valence-electron chi connectivity index (χ1n) is 9.81. The standard InChI is InChI=1S/C23H27N3O3/c1-15(2)26(23(27)18-9-11-20(12-10-18)28-16(3)4)14-21-24-22(25-29-21)19-8-6-7-17(5)13-19/h6-13,15-16H,14H2,1-5H3. The van der Waals surface area contributed by atoms with Gasteiger partial charge in [0.05, 0.1) is 6.10 Å². The molecular weight excluding hydrogens is 366 g/mol. The molecular formula is C23H27N3O3. The van der Waals surface area contributed by atoms with E-state index in [-0.39, 0.29) is 24.6 Å². The van der Waals surface area contributed by atoms with E-state index in [0.717, 1.165) is 16.9 Å². The summed E-state index contributed by atoms with van der Waals surface area (Å²) in [5.74, 6) is 1.58. The molecule has 1 heterocycles. The number of aromatic nitrogens is 2. The first-order valence-corrected chi connectivity index (χ1v) is 9.81. The van der Waals surface area contributed by atoms with Gasteiger partial charge < -0.3 is 14.2 Å². The molecule has 6 heteroatoms. The molecule has 3 aromatic rings. The van der Waals surface area contributed by atoms with Crippen LogP contribution in [-0.2, 0) is 6.54 Å². The molecule has 0 unspecified atom stereocenters. The van der Waals surface area contributed by atoms with Crippen LogP contribution in [0.2, 0.25) is 0 Å². The van der Waals surface area contributed by atoms with Crippen molar-refractivity contribution in [1.82, 2.24) is 15.0 Å². The zero-order chi connectivity index (χ0) is 21.0. The van der Waals surface area contributed by atoms with E-state index in [9.17, 15) is 4.79 Å². The number of aryl methyl sites for hydroxylation is 1. The summed E-state index contributed by atoms with van der Waals surface area (Å²) in [6.07, 6.45) is 0.0869.